The molecule has 0 aliphatic carbocycles. The molecule has 1 aromatic rings. The van der Waals surface area contributed by atoms with E-state index >= 15 is 0 Å². The lowest BCUT2D eigenvalue weighted by Crippen LogP contribution is -2.17. The minimum atomic E-state index is -0.00412. The van der Waals surface area contributed by atoms with Crippen molar-refractivity contribution < 1.29 is 0 Å². The average Bonchev–Trinajstić information content (AvgIpc) is 2.30. The van der Waals surface area contributed by atoms with Gasteiger partial charge in [-0.25, -0.2) is 9.69 Å². The van der Waals surface area contributed by atoms with Crippen molar-refractivity contribution in [2.24, 2.45) is 0 Å². The summed E-state index contributed by atoms with van der Waals surface area (Å²) in [5.74, 6) is 0. The van der Waals surface area contributed by atoms with E-state index in [-0.39, 0.29) is 32.9 Å². The molecule has 4 nitrogen and oxygen atoms in total. The van der Waals surface area contributed by atoms with Crippen molar-refractivity contribution in [2.45, 2.75) is 0 Å². The van der Waals surface area contributed by atoms with E-state index in [0.29, 0.717) is 0 Å². The normalized spacial score (nSPS) is 8.25. The summed E-state index contributed by atoms with van der Waals surface area (Å²) in [6.07, 6.45) is 0. The SMILES string of the molecule is [C-]#[N+]c1c([N+]#[C-])c(=C)c(C#N)c(C#N)c1=C. The minimum Gasteiger partial charge on any atom is -0.249 e. The van der Waals surface area contributed by atoms with Crippen LogP contribution in [0, 0.1) is 35.8 Å². The Balaban J connectivity index is 4.16. The van der Waals surface area contributed by atoms with Gasteiger partial charge in [0, 0.05) is 0 Å². The van der Waals surface area contributed by atoms with Crippen molar-refractivity contribution in [2.75, 3.05) is 0 Å². The Morgan fingerprint density at radius 2 is 1.19 bits per heavy atom. The van der Waals surface area contributed by atoms with E-state index in [4.69, 9.17) is 23.7 Å². The van der Waals surface area contributed by atoms with Crippen LogP contribution in [0.25, 0.3) is 22.8 Å². The smallest absolute Gasteiger partial charge is 0.203 e. The van der Waals surface area contributed by atoms with Gasteiger partial charge in [-0.1, -0.05) is 0 Å². The maximum absolute atomic E-state index is 8.89. The number of hydrogen-bond donors (Lipinski definition) is 0. The predicted octanol–water partition coefficient (Wildman–Crippen LogP) is 1.35. The maximum Gasteiger partial charge on any atom is 0.203 e. The van der Waals surface area contributed by atoms with Gasteiger partial charge in [0.2, 0.25) is 11.4 Å². The molecule has 0 saturated heterocycles. The maximum atomic E-state index is 8.89. The van der Waals surface area contributed by atoms with Crippen molar-refractivity contribution in [1.82, 2.24) is 0 Å². The van der Waals surface area contributed by atoms with Crippen LogP contribution in [0.5, 0.6) is 0 Å². The molecule has 16 heavy (non-hydrogen) atoms. The molecule has 0 atom stereocenters. The zero-order chi connectivity index (χ0) is 12.3. The molecule has 0 saturated carbocycles. The lowest BCUT2D eigenvalue weighted by Gasteiger charge is -2.02. The van der Waals surface area contributed by atoms with Gasteiger partial charge in [-0.3, -0.25) is 0 Å². The first-order valence-electron chi connectivity index (χ1n) is 4.05. The molecular weight excluding hydrogens is 200 g/mol. The highest BCUT2D eigenvalue weighted by molar-refractivity contribution is 5.77. The molecule has 1 rings (SSSR count). The highest BCUT2D eigenvalue weighted by Crippen LogP contribution is 2.21. The minimum absolute atomic E-state index is 0.00412. The largest absolute Gasteiger partial charge is 0.249 e. The monoisotopic (exact) mass is 204 g/mol. The van der Waals surface area contributed by atoms with Gasteiger partial charge in [0.15, 0.2) is 0 Å². The van der Waals surface area contributed by atoms with Crippen LogP contribution in [0.15, 0.2) is 0 Å². The molecule has 0 radical (unpaired) electrons. The van der Waals surface area contributed by atoms with Gasteiger partial charge in [-0.15, -0.1) is 13.2 Å². The van der Waals surface area contributed by atoms with Crippen LogP contribution in [-0.2, 0) is 0 Å². The summed E-state index contributed by atoms with van der Waals surface area (Å²) in [5.41, 5.74) is 0.0305. The molecule has 72 valence electrons. The Hall–Kier alpha value is -3.08. The van der Waals surface area contributed by atoms with E-state index in [0.717, 1.165) is 0 Å². The highest BCUT2D eigenvalue weighted by atomic mass is 14.8. The first-order valence-corrected chi connectivity index (χ1v) is 4.05. The number of nitrogens with zero attached hydrogens (tertiary/aromatic N) is 4. The molecule has 0 aliphatic rings. The number of hydrogen-bond acceptors (Lipinski definition) is 2. The molecule has 1 aromatic carbocycles. The Bertz CT molecular complexity index is 606. The summed E-state index contributed by atoms with van der Waals surface area (Å²) < 4.78 is 0. The molecule has 0 aliphatic heterocycles. The summed E-state index contributed by atoms with van der Waals surface area (Å²) in [4.78, 5) is 6.32. The van der Waals surface area contributed by atoms with E-state index in [9.17, 15) is 0 Å². The predicted molar refractivity (Wildman–Crippen MR) is 58.7 cm³/mol. The fourth-order valence-electron chi connectivity index (χ4n) is 1.31. The standard InChI is InChI=1S/C12H4N4/c1-7-9(5-13)10(6-14)8(2)12(16-4)11(7)15-3/h1-2H2. The van der Waals surface area contributed by atoms with E-state index < -0.39 is 0 Å². The third kappa shape index (κ3) is 1.28. The van der Waals surface area contributed by atoms with Crippen LogP contribution < -0.4 is 10.4 Å². The van der Waals surface area contributed by atoms with Gasteiger partial charge in [-0.2, -0.15) is 10.5 Å². The number of rotatable bonds is 0. The molecule has 0 heterocycles. The summed E-state index contributed by atoms with van der Waals surface area (Å²) in [7, 11) is 0. The second kappa shape index (κ2) is 3.97. The topological polar surface area (TPSA) is 56.3 Å². The van der Waals surface area contributed by atoms with Crippen molar-refractivity contribution in [3.05, 3.63) is 44.4 Å². The Kier molecular flexibility index (Phi) is 2.73. The van der Waals surface area contributed by atoms with Crippen LogP contribution >= 0.6 is 0 Å². The van der Waals surface area contributed by atoms with Gasteiger partial charge in [0.1, 0.15) is 0 Å². The fraction of sp³-hybridized carbons (Fsp3) is 0. The summed E-state index contributed by atoms with van der Waals surface area (Å²) in [6.45, 7) is 21.0. The molecule has 0 amide bonds. The Labute approximate surface area is 92.2 Å². The molecule has 4 heteroatoms. The molecular formula is C12H4N4. The molecule has 0 bridgehead atoms. The third-order valence-electron chi connectivity index (χ3n) is 2.10. The van der Waals surface area contributed by atoms with Crippen molar-refractivity contribution >= 4 is 24.5 Å². The first kappa shape index (κ1) is 11.0. The van der Waals surface area contributed by atoms with Gasteiger partial charge in [-0.05, 0) is 10.4 Å². The second-order valence-electron chi connectivity index (χ2n) is 2.85. The summed E-state index contributed by atoms with van der Waals surface area (Å²) >= 11 is 0. The third-order valence-corrected chi connectivity index (χ3v) is 2.10. The highest BCUT2D eigenvalue weighted by Gasteiger charge is 2.14. The van der Waals surface area contributed by atoms with Crippen molar-refractivity contribution in [3.8, 4) is 12.1 Å². The van der Waals surface area contributed by atoms with Crippen LogP contribution in [0.2, 0.25) is 0 Å². The van der Waals surface area contributed by atoms with Crippen molar-refractivity contribution in [1.29, 1.82) is 10.5 Å². The van der Waals surface area contributed by atoms with E-state index in [1.54, 1.807) is 0 Å². The lowest BCUT2D eigenvalue weighted by molar-refractivity contribution is 1.39. The average molecular weight is 204 g/mol. The second-order valence-corrected chi connectivity index (χ2v) is 2.85. The molecule has 0 aromatic heterocycles. The zero-order valence-electron chi connectivity index (χ0n) is 8.20. The van der Waals surface area contributed by atoms with E-state index in [1.165, 1.54) is 0 Å². The van der Waals surface area contributed by atoms with E-state index in [2.05, 4.69) is 22.8 Å². The Morgan fingerprint density at radius 1 is 0.875 bits per heavy atom. The van der Waals surface area contributed by atoms with Crippen LogP contribution in [-0.4, -0.2) is 0 Å². The molecule has 0 unspecified atom stereocenters. The quantitative estimate of drug-likeness (QED) is 0.599. The molecule has 0 spiro atoms. The lowest BCUT2D eigenvalue weighted by atomic mass is 10.0. The van der Waals surface area contributed by atoms with Crippen LogP contribution in [0.3, 0.4) is 0 Å². The fourth-order valence-corrected chi connectivity index (χ4v) is 1.31. The molecule has 0 fully saturated rings. The summed E-state index contributed by atoms with van der Waals surface area (Å²) in [5, 5.41) is 18.0. The zero-order valence-corrected chi connectivity index (χ0v) is 8.20. The molecule has 0 N–H and O–H groups in total. The van der Waals surface area contributed by atoms with E-state index in [1.807, 2.05) is 12.1 Å². The van der Waals surface area contributed by atoms with Crippen LogP contribution in [0.1, 0.15) is 11.1 Å². The first-order chi connectivity index (χ1) is 7.62. The van der Waals surface area contributed by atoms with Gasteiger partial charge in [0.05, 0.1) is 36.4 Å². The number of nitriles is 2. The van der Waals surface area contributed by atoms with Gasteiger partial charge >= 0.3 is 0 Å². The van der Waals surface area contributed by atoms with Crippen molar-refractivity contribution in [3.63, 3.8) is 0 Å². The number of benzene rings is 1. The van der Waals surface area contributed by atoms with Gasteiger partial charge < -0.3 is 0 Å². The Morgan fingerprint density at radius 3 is 1.38 bits per heavy atom. The van der Waals surface area contributed by atoms with Crippen LogP contribution in [0.4, 0.5) is 11.4 Å². The summed E-state index contributed by atoms with van der Waals surface area (Å²) in [6, 6.07) is 3.62. The van der Waals surface area contributed by atoms with Gasteiger partial charge in [0.25, 0.3) is 0 Å².